The zero-order valence-corrected chi connectivity index (χ0v) is 10.4. The van der Waals surface area contributed by atoms with Gasteiger partial charge in [0, 0.05) is 6.20 Å². The summed E-state index contributed by atoms with van der Waals surface area (Å²) in [7, 11) is 0. The third-order valence-electron chi connectivity index (χ3n) is 3.16. The maximum absolute atomic E-state index is 11.6. The summed E-state index contributed by atoms with van der Waals surface area (Å²) in [4.78, 5) is 11.6. The van der Waals surface area contributed by atoms with Gasteiger partial charge in [0.25, 0.3) is 0 Å². The van der Waals surface area contributed by atoms with Crippen LogP contribution < -0.4 is 0 Å². The molecule has 2 rings (SSSR count). The van der Waals surface area contributed by atoms with Gasteiger partial charge in [0.1, 0.15) is 6.10 Å². The van der Waals surface area contributed by atoms with E-state index in [1.54, 1.807) is 10.9 Å². The number of aryl methyl sites for hydroxylation is 2. The van der Waals surface area contributed by atoms with E-state index in [-0.39, 0.29) is 12.1 Å². The molecule has 17 heavy (non-hydrogen) atoms. The maximum atomic E-state index is 11.6. The average molecular weight is 236 g/mol. The van der Waals surface area contributed by atoms with Crippen LogP contribution in [0.15, 0.2) is 12.4 Å². The first-order valence-electron chi connectivity index (χ1n) is 6.42. The lowest BCUT2D eigenvalue weighted by molar-refractivity contribution is -0.150. The standard InChI is InChI=1S/C13H20N2O2/c1-11-9-14-15(10-11)8-7-13(16)17-12-5-3-2-4-6-12/h9-10,12H,2-8H2,1H3. The summed E-state index contributed by atoms with van der Waals surface area (Å²) in [6.45, 7) is 2.60. The summed E-state index contributed by atoms with van der Waals surface area (Å²) in [5.41, 5.74) is 1.12. The quantitative estimate of drug-likeness (QED) is 0.754. The number of ether oxygens (including phenoxy) is 1. The SMILES string of the molecule is Cc1cnn(CCC(=O)OC2CCCCC2)c1. The van der Waals surface area contributed by atoms with E-state index in [1.165, 1.54) is 19.3 Å². The van der Waals surface area contributed by atoms with Crippen LogP contribution in [0, 0.1) is 6.92 Å². The fourth-order valence-electron chi connectivity index (χ4n) is 2.22. The van der Waals surface area contributed by atoms with Gasteiger partial charge in [0.05, 0.1) is 19.2 Å². The second-order valence-electron chi connectivity index (χ2n) is 4.78. The minimum atomic E-state index is -0.0925. The highest BCUT2D eigenvalue weighted by Gasteiger charge is 2.17. The van der Waals surface area contributed by atoms with E-state index in [0.717, 1.165) is 18.4 Å². The first-order chi connectivity index (χ1) is 8.24. The van der Waals surface area contributed by atoms with E-state index in [9.17, 15) is 4.79 Å². The van der Waals surface area contributed by atoms with Gasteiger partial charge in [0.2, 0.25) is 0 Å². The number of carbonyl (C=O) groups excluding carboxylic acids is 1. The molecule has 0 unspecified atom stereocenters. The Balaban J connectivity index is 1.70. The van der Waals surface area contributed by atoms with Crippen molar-refractivity contribution in [2.45, 2.75) is 58.1 Å². The number of hydrogen-bond acceptors (Lipinski definition) is 3. The van der Waals surface area contributed by atoms with Crippen molar-refractivity contribution in [1.82, 2.24) is 9.78 Å². The Bertz CT molecular complexity index is 367. The Hall–Kier alpha value is -1.32. The Labute approximate surface area is 102 Å². The van der Waals surface area contributed by atoms with Crippen LogP contribution >= 0.6 is 0 Å². The normalized spacial score (nSPS) is 17.0. The lowest BCUT2D eigenvalue weighted by Gasteiger charge is -2.21. The molecular formula is C13H20N2O2. The number of esters is 1. The summed E-state index contributed by atoms with van der Waals surface area (Å²) < 4.78 is 7.23. The molecule has 0 aromatic carbocycles. The maximum Gasteiger partial charge on any atom is 0.307 e. The lowest BCUT2D eigenvalue weighted by Crippen LogP contribution is -2.21. The highest BCUT2D eigenvalue weighted by Crippen LogP contribution is 2.20. The molecule has 0 amide bonds. The van der Waals surface area contributed by atoms with Gasteiger partial charge < -0.3 is 4.74 Å². The third kappa shape index (κ3) is 3.88. The molecule has 1 saturated carbocycles. The molecular weight excluding hydrogens is 216 g/mol. The van der Waals surface area contributed by atoms with Crippen molar-refractivity contribution in [2.24, 2.45) is 0 Å². The van der Waals surface area contributed by atoms with Crippen LogP contribution in [0.3, 0.4) is 0 Å². The van der Waals surface area contributed by atoms with Gasteiger partial charge in [0.15, 0.2) is 0 Å². The number of carbonyl (C=O) groups is 1. The van der Waals surface area contributed by atoms with E-state index in [4.69, 9.17) is 4.74 Å². The minimum Gasteiger partial charge on any atom is -0.462 e. The topological polar surface area (TPSA) is 44.1 Å². The minimum absolute atomic E-state index is 0.0925. The van der Waals surface area contributed by atoms with Crippen LogP contribution in [-0.4, -0.2) is 21.9 Å². The van der Waals surface area contributed by atoms with Crippen molar-refractivity contribution in [2.75, 3.05) is 0 Å². The summed E-state index contributed by atoms with van der Waals surface area (Å²) in [5, 5.41) is 4.14. The molecule has 94 valence electrons. The van der Waals surface area contributed by atoms with E-state index in [0.29, 0.717) is 13.0 Å². The van der Waals surface area contributed by atoms with Crippen molar-refractivity contribution in [3.63, 3.8) is 0 Å². The Kier molecular flexibility index (Phi) is 4.18. The second kappa shape index (κ2) is 5.84. The molecule has 0 saturated heterocycles. The molecule has 1 heterocycles. The molecule has 0 radical (unpaired) electrons. The van der Waals surface area contributed by atoms with Gasteiger partial charge in [-0.1, -0.05) is 6.42 Å². The predicted molar refractivity (Wildman–Crippen MR) is 64.5 cm³/mol. The largest absolute Gasteiger partial charge is 0.462 e. The van der Waals surface area contributed by atoms with E-state index in [2.05, 4.69) is 5.10 Å². The number of hydrogen-bond donors (Lipinski definition) is 0. The molecule has 1 fully saturated rings. The second-order valence-corrected chi connectivity index (χ2v) is 4.78. The lowest BCUT2D eigenvalue weighted by atomic mass is 9.98. The molecule has 0 bridgehead atoms. The molecule has 0 N–H and O–H groups in total. The Morgan fingerprint density at radius 1 is 1.47 bits per heavy atom. The Morgan fingerprint density at radius 2 is 2.24 bits per heavy atom. The van der Waals surface area contributed by atoms with Gasteiger partial charge >= 0.3 is 5.97 Å². The number of nitrogens with zero attached hydrogens (tertiary/aromatic N) is 2. The van der Waals surface area contributed by atoms with Crippen molar-refractivity contribution >= 4 is 5.97 Å². The molecule has 4 nitrogen and oxygen atoms in total. The fraction of sp³-hybridized carbons (Fsp3) is 0.692. The van der Waals surface area contributed by atoms with Crippen LogP contribution in [0.4, 0.5) is 0 Å². The highest BCUT2D eigenvalue weighted by atomic mass is 16.5. The van der Waals surface area contributed by atoms with E-state index < -0.39 is 0 Å². The summed E-state index contributed by atoms with van der Waals surface area (Å²) in [6, 6.07) is 0. The molecule has 0 atom stereocenters. The smallest absolute Gasteiger partial charge is 0.307 e. The van der Waals surface area contributed by atoms with Gasteiger partial charge in [-0.05, 0) is 38.2 Å². The van der Waals surface area contributed by atoms with Crippen LogP contribution in [-0.2, 0) is 16.1 Å². The fourth-order valence-corrected chi connectivity index (χ4v) is 2.22. The molecule has 1 aromatic heterocycles. The first-order valence-corrected chi connectivity index (χ1v) is 6.42. The van der Waals surface area contributed by atoms with Gasteiger partial charge in [-0.25, -0.2) is 0 Å². The zero-order valence-electron chi connectivity index (χ0n) is 10.4. The van der Waals surface area contributed by atoms with Crippen molar-refractivity contribution < 1.29 is 9.53 Å². The van der Waals surface area contributed by atoms with E-state index >= 15 is 0 Å². The highest BCUT2D eigenvalue weighted by molar-refractivity contribution is 5.69. The van der Waals surface area contributed by atoms with Crippen LogP contribution in [0.1, 0.15) is 44.1 Å². The van der Waals surface area contributed by atoms with Gasteiger partial charge in [-0.15, -0.1) is 0 Å². The number of rotatable bonds is 4. The van der Waals surface area contributed by atoms with Crippen LogP contribution in [0.25, 0.3) is 0 Å². The van der Waals surface area contributed by atoms with E-state index in [1.807, 2.05) is 13.1 Å². The van der Waals surface area contributed by atoms with Crippen molar-refractivity contribution in [3.05, 3.63) is 18.0 Å². The first kappa shape index (κ1) is 12.1. The molecule has 1 aliphatic carbocycles. The van der Waals surface area contributed by atoms with Crippen molar-refractivity contribution in [3.8, 4) is 0 Å². The van der Waals surface area contributed by atoms with Gasteiger partial charge in [-0.3, -0.25) is 9.48 Å². The molecule has 4 heteroatoms. The molecule has 0 aliphatic heterocycles. The number of aromatic nitrogens is 2. The predicted octanol–water partition coefficient (Wildman–Crippen LogP) is 2.46. The summed E-state index contributed by atoms with van der Waals surface area (Å²) in [5.74, 6) is -0.0925. The van der Waals surface area contributed by atoms with Gasteiger partial charge in [-0.2, -0.15) is 5.10 Å². The summed E-state index contributed by atoms with van der Waals surface area (Å²) in [6.07, 6.45) is 10.0. The van der Waals surface area contributed by atoms with Crippen LogP contribution in [0.5, 0.6) is 0 Å². The third-order valence-corrected chi connectivity index (χ3v) is 3.16. The molecule has 1 aliphatic rings. The molecule has 0 spiro atoms. The van der Waals surface area contributed by atoms with Crippen LogP contribution in [0.2, 0.25) is 0 Å². The summed E-state index contributed by atoms with van der Waals surface area (Å²) >= 11 is 0. The van der Waals surface area contributed by atoms with Crippen molar-refractivity contribution in [1.29, 1.82) is 0 Å². The monoisotopic (exact) mass is 236 g/mol. The zero-order chi connectivity index (χ0) is 12.1. The average Bonchev–Trinajstić information content (AvgIpc) is 2.74. The molecule has 1 aromatic rings. The Morgan fingerprint density at radius 3 is 2.88 bits per heavy atom.